The smallest absolute Gasteiger partial charge is 0.0255 e. The molecule has 2 rings (SSSR count). The third-order valence-corrected chi connectivity index (χ3v) is 3.04. The fraction of sp³-hybridized carbons (Fsp3) is 1.00. The molecular formula is C9H17N. The lowest BCUT2D eigenvalue weighted by molar-refractivity contribution is 0.301. The van der Waals surface area contributed by atoms with Gasteiger partial charge in [0.25, 0.3) is 0 Å². The van der Waals surface area contributed by atoms with Crippen LogP contribution >= 0.6 is 0 Å². The molecule has 0 spiro atoms. The van der Waals surface area contributed by atoms with Gasteiger partial charge in [-0.25, -0.2) is 0 Å². The van der Waals surface area contributed by atoms with Crippen molar-refractivity contribution in [1.29, 1.82) is 0 Å². The molecule has 2 aliphatic rings. The van der Waals surface area contributed by atoms with Crippen molar-refractivity contribution in [2.45, 2.75) is 45.2 Å². The van der Waals surface area contributed by atoms with Crippen LogP contribution in [0.4, 0.5) is 0 Å². The molecule has 10 heavy (non-hydrogen) atoms. The molecule has 1 nitrogen and oxygen atoms in total. The predicted octanol–water partition coefficient (Wildman–Crippen LogP) is 1.78. The molecule has 1 heteroatoms. The first-order chi connectivity index (χ1) is 4.79. The lowest BCUT2D eigenvalue weighted by atomic mass is 9.80. The lowest BCUT2D eigenvalue weighted by Crippen LogP contribution is -2.20. The number of hydrogen-bond donors (Lipinski definition) is 1. The minimum atomic E-state index is 0.852. The highest BCUT2D eigenvalue weighted by molar-refractivity contribution is 5.05. The second kappa shape index (κ2) is 2.23. The van der Waals surface area contributed by atoms with Crippen LogP contribution in [0.2, 0.25) is 0 Å². The fourth-order valence-electron chi connectivity index (χ4n) is 2.00. The first-order valence-electron chi connectivity index (χ1n) is 4.55. The molecule has 0 aromatic carbocycles. The van der Waals surface area contributed by atoms with E-state index in [2.05, 4.69) is 19.2 Å². The number of nitrogens with one attached hydrogen (secondary N) is 1. The highest BCUT2D eigenvalue weighted by Gasteiger charge is 2.45. The molecule has 0 bridgehead atoms. The van der Waals surface area contributed by atoms with Crippen LogP contribution in [0.3, 0.4) is 0 Å². The van der Waals surface area contributed by atoms with Crippen LogP contribution < -0.4 is 5.32 Å². The molecule has 0 unspecified atom stereocenters. The summed E-state index contributed by atoms with van der Waals surface area (Å²) in [4.78, 5) is 0. The Balaban J connectivity index is 1.78. The van der Waals surface area contributed by atoms with Crippen molar-refractivity contribution in [3.8, 4) is 0 Å². The van der Waals surface area contributed by atoms with Crippen LogP contribution in [-0.2, 0) is 0 Å². The minimum Gasteiger partial charge on any atom is -0.308 e. The number of hydrogen-bond acceptors (Lipinski definition) is 1. The van der Waals surface area contributed by atoms with E-state index in [9.17, 15) is 0 Å². The molecule has 0 radical (unpaired) electrons. The molecule has 2 atom stereocenters. The van der Waals surface area contributed by atoms with Crippen LogP contribution in [0.15, 0.2) is 0 Å². The van der Waals surface area contributed by atoms with Gasteiger partial charge in [0.15, 0.2) is 0 Å². The SMILES string of the molecule is CC(C)[C@@H]1N[C@@H]1C1CCC1. The van der Waals surface area contributed by atoms with E-state index in [1.165, 1.54) is 19.3 Å². The Bertz CT molecular complexity index is 127. The van der Waals surface area contributed by atoms with Gasteiger partial charge in [0.05, 0.1) is 0 Å². The Morgan fingerprint density at radius 2 is 2.00 bits per heavy atom. The molecule has 0 aromatic rings. The molecule has 1 aliphatic carbocycles. The lowest BCUT2D eigenvalue weighted by Gasteiger charge is -2.24. The maximum absolute atomic E-state index is 3.57. The van der Waals surface area contributed by atoms with Gasteiger partial charge in [-0.2, -0.15) is 0 Å². The Hall–Kier alpha value is -0.0400. The largest absolute Gasteiger partial charge is 0.308 e. The molecule has 2 fully saturated rings. The zero-order valence-corrected chi connectivity index (χ0v) is 6.93. The summed E-state index contributed by atoms with van der Waals surface area (Å²) in [5, 5.41) is 3.57. The van der Waals surface area contributed by atoms with Crippen molar-refractivity contribution in [2.75, 3.05) is 0 Å². The Labute approximate surface area is 63.2 Å². The summed E-state index contributed by atoms with van der Waals surface area (Å²) in [6.07, 6.45) is 4.45. The van der Waals surface area contributed by atoms with Crippen molar-refractivity contribution in [3.05, 3.63) is 0 Å². The van der Waals surface area contributed by atoms with E-state index in [0.717, 1.165) is 23.9 Å². The van der Waals surface area contributed by atoms with E-state index in [1.54, 1.807) is 0 Å². The van der Waals surface area contributed by atoms with Gasteiger partial charge in [0, 0.05) is 12.1 Å². The maximum atomic E-state index is 3.57. The van der Waals surface area contributed by atoms with Gasteiger partial charge >= 0.3 is 0 Å². The summed E-state index contributed by atoms with van der Waals surface area (Å²) < 4.78 is 0. The second-order valence-corrected chi connectivity index (χ2v) is 4.15. The van der Waals surface area contributed by atoms with Gasteiger partial charge in [-0.15, -0.1) is 0 Å². The van der Waals surface area contributed by atoms with Gasteiger partial charge in [-0.3, -0.25) is 0 Å². The predicted molar refractivity (Wildman–Crippen MR) is 42.9 cm³/mol. The fourth-order valence-corrected chi connectivity index (χ4v) is 2.00. The molecule has 1 saturated heterocycles. The molecule has 0 amide bonds. The summed E-state index contributed by atoms with van der Waals surface area (Å²) in [6, 6.07) is 1.78. The zero-order valence-electron chi connectivity index (χ0n) is 6.93. The van der Waals surface area contributed by atoms with E-state index in [-0.39, 0.29) is 0 Å². The van der Waals surface area contributed by atoms with Gasteiger partial charge < -0.3 is 5.32 Å². The summed E-state index contributed by atoms with van der Waals surface area (Å²) in [5.74, 6) is 1.90. The number of rotatable bonds is 2. The van der Waals surface area contributed by atoms with E-state index in [0.29, 0.717) is 0 Å². The average Bonchev–Trinajstić information content (AvgIpc) is 2.40. The van der Waals surface area contributed by atoms with E-state index >= 15 is 0 Å². The van der Waals surface area contributed by atoms with Crippen LogP contribution in [0.5, 0.6) is 0 Å². The van der Waals surface area contributed by atoms with E-state index < -0.39 is 0 Å². The van der Waals surface area contributed by atoms with E-state index in [4.69, 9.17) is 0 Å². The molecule has 1 aliphatic heterocycles. The minimum absolute atomic E-state index is 0.852. The van der Waals surface area contributed by atoms with Gasteiger partial charge in [-0.1, -0.05) is 20.3 Å². The summed E-state index contributed by atoms with van der Waals surface area (Å²) in [7, 11) is 0. The zero-order chi connectivity index (χ0) is 7.14. The molecular weight excluding hydrogens is 122 g/mol. The Morgan fingerprint density at radius 1 is 1.30 bits per heavy atom. The van der Waals surface area contributed by atoms with E-state index in [1.807, 2.05) is 0 Å². The van der Waals surface area contributed by atoms with Crippen LogP contribution in [0.25, 0.3) is 0 Å². The molecule has 1 heterocycles. The van der Waals surface area contributed by atoms with Gasteiger partial charge in [0.1, 0.15) is 0 Å². The maximum Gasteiger partial charge on any atom is 0.0255 e. The average molecular weight is 139 g/mol. The molecule has 1 N–H and O–H groups in total. The molecule has 1 saturated carbocycles. The normalized spacial score (nSPS) is 39.9. The quantitative estimate of drug-likeness (QED) is 0.579. The van der Waals surface area contributed by atoms with Crippen LogP contribution in [0.1, 0.15) is 33.1 Å². The summed E-state index contributed by atoms with van der Waals surface area (Å²) >= 11 is 0. The van der Waals surface area contributed by atoms with Gasteiger partial charge in [-0.05, 0) is 24.7 Å². The Morgan fingerprint density at radius 3 is 2.30 bits per heavy atom. The van der Waals surface area contributed by atoms with Crippen LogP contribution in [0, 0.1) is 11.8 Å². The highest BCUT2D eigenvalue weighted by atomic mass is 15.2. The molecule has 0 aromatic heterocycles. The second-order valence-electron chi connectivity index (χ2n) is 4.15. The van der Waals surface area contributed by atoms with Gasteiger partial charge in [0.2, 0.25) is 0 Å². The first kappa shape index (κ1) is 6.66. The third kappa shape index (κ3) is 0.968. The third-order valence-electron chi connectivity index (χ3n) is 3.04. The van der Waals surface area contributed by atoms with Crippen molar-refractivity contribution < 1.29 is 0 Å². The Kier molecular flexibility index (Phi) is 1.48. The van der Waals surface area contributed by atoms with Crippen molar-refractivity contribution in [3.63, 3.8) is 0 Å². The van der Waals surface area contributed by atoms with Crippen molar-refractivity contribution in [2.24, 2.45) is 11.8 Å². The topological polar surface area (TPSA) is 21.9 Å². The first-order valence-corrected chi connectivity index (χ1v) is 4.55. The standard InChI is InChI=1S/C9H17N/c1-6(2)8-9(10-8)7-4-3-5-7/h6-10H,3-5H2,1-2H3/t8-,9+/m0/s1. The molecule has 58 valence electrons. The van der Waals surface area contributed by atoms with Crippen molar-refractivity contribution >= 4 is 0 Å². The highest BCUT2D eigenvalue weighted by Crippen LogP contribution is 2.38. The van der Waals surface area contributed by atoms with Crippen molar-refractivity contribution in [1.82, 2.24) is 5.32 Å². The van der Waals surface area contributed by atoms with Crippen LogP contribution in [-0.4, -0.2) is 12.1 Å². The summed E-state index contributed by atoms with van der Waals surface area (Å²) in [6.45, 7) is 4.63. The summed E-state index contributed by atoms with van der Waals surface area (Å²) in [5.41, 5.74) is 0. The monoisotopic (exact) mass is 139 g/mol.